The zero-order valence-electron chi connectivity index (χ0n) is 8.95. The summed E-state index contributed by atoms with van der Waals surface area (Å²) >= 11 is 3.24. The van der Waals surface area contributed by atoms with Gasteiger partial charge < -0.3 is 5.11 Å². The number of hydrogen-bond acceptors (Lipinski definition) is 4. The van der Waals surface area contributed by atoms with Crippen LogP contribution in [-0.4, -0.2) is 15.1 Å². The van der Waals surface area contributed by atoms with Crippen LogP contribution in [0.25, 0.3) is 0 Å². The molecule has 0 aromatic carbocycles. The molecule has 9 heteroatoms. The van der Waals surface area contributed by atoms with Crippen molar-refractivity contribution in [3.05, 3.63) is 44.3 Å². The zero-order chi connectivity index (χ0) is 14.2. The SMILES string of the molecule is OC(c1ncc(C(F)(F)F)s1)c1nc(Br)ccc1F. The lowest BCUT2D eigenvalue weighted by atomic mass is 10.2. The summed E-state index contributed by atoms with van der Waals surface area (Å²) in [4.78, 5) is 6.19. The molecule has 0 aliphatic carbocycles. The van der Waals surface area contributed by atoms with E-state index in [0.29, 0.717) is 6.20 Å². The van der Waals surface area contributed by atoms with Crippen molar-refractivity contribution in [3.63, 3.8) is 0 Å². The average Bonchev–Trinajstić information content (AvgIpc) is 2.80. The molecule has 102 valence electrons. The highest BCUT2D eigenvalue weighted by Crippen LogP contribution is 2.36. The third kappa shape index (κ3) is 3.10. The number of nitrogens with zero attached hydrogens (tertiary/aromatic N) is 2. The van der Waals surface area contributed by atoms with Crippen molar-refractivity contribution in [2.75, 3.05) is 0 Å². The summed E-state index contributed by atoms with van der Waals surface area (Å²) in [5, 5.41) is 9.57. The average molecular weight is 357 g/mol. The Morgan fingerprint density at radius 2 is 2.00 bits per heavy atom. The van der Waals surface area contributed by atoms with Crippen LogP contribution < -0.4 is 0 Å². The van der Waals surface area contributed by atoms with Crippen LogP contribution in [0.15, 0.2) is 22.9 Å². The van der Waals surface area contributed by atoms with Gasteiger partial charge in [-0.1, -0.05) is 0 Å². The Morgan fingerprint density at radius 3 is 2.58 bits per heavy atom. The predicted octanol–water partition coefficient (Wildman–Crippen LogP) is 3.54. The number of aliphatic hydroxyl groups excluding tert-OH is 1. The molecule has 0 aliphatic rings. The Hall–Kier alpha value is -1.06. The first-order valence-corrected chi connectivity index (χ1v) is 6.43. The molecule has 2 rings (SSSR count). The summed E-state index contributed by atoms with van der Waals surface area (Å²) in [6.45, 7) is 0. The molecule has 2 heterocycles. The van der Waals surface area contributed by atoms with Crippen LogP contribution in [0.1, 0.15) is 21.7 Å². The Balaban J connectivity index is 2.36. The molecular formula is C10H5BrF4N2OS. The van der Waals surface area contributed by atoms with E-state index in [1.807, 2.05) is 0 Å². The minimum Gasteiger partial charge on any atom is -0.379 e. The number of pyridine rings is 1. The summed E-state index contributed by atoms with van der Waals surface area (Å²) < 4.78 is 50.9. The van der Waals surface area contributed by atoms with Crippen LogP contribution in [0.4, 0.5) is 17.6 Å². The van der Waals surface area contributed by atoms with Gasteiger partial charge in [-0.05, 0) is 28.1 Å². The van der Waals surface area contributed by atoms with E-state index in [9.17, 15) is 22.7 Å². The highest BCUT2D eigenvalue weighted by Gasteiger charge is 2.34. The van der Waals surface area contributed by atoms with Crippen molar-refractivity contribution in [3.8, 4) is 0 Å². The number of hydrogen-bond donors (Lipinski definition) is 1. The smallest absolute Gasteiger partial charge is 0.379 e. The molecule has 19 heavy (non-hydrogen) atoms. The molecule has 0 aliphatic heterocycles. The van der Waals surface area contributed by atoms with Crippen molar-refractivity contribution in [2.24, 2.45) is 0 Å². The van der Waals surface area contributed by atoms with Gasteiger partial charge in [0.05, 0.1) is 6.20 Å². The molecule has 0 amide bonds. The first-order valence-electron chi connectivity index (χ1n) is 4.82. The van der Waals surface area contributed by atoms with Gasteiger partial charge in [0.15, 0.2) is 6.10 Å². The fraction of sp³-hybridized carbons (Fsp3) is 0.200. The van der Waals surface area contributed by atoms with E-state index in [1.54, 1.807) is 0 Å². The number of alkyl halides is 3. The molecule has 0 saturated carbocycles. The van der Waals surface area contributed by atoms with Crippen LogP contribution in [0.2, 0.25) is 0 Å². The topological polar surface area (TPSA) is 46.0 Å². The van der Waals surface area contributed by atoms with E-state index in [0.717, 1.165) is 6.07 Å². The minimum atomic E-state index is -4.54. The van der Waals surface area contributed by atoms with E-state index < -0.39 is 23.0 Å². The zero-order valence-corrected chi connectivity index (χ0v) is 11.4. The van der Waals surface area contributed by atoms with Gasteiger partial charge in [0.2, 0.25) is 0 Å². The van der Waals surface area contributed by atoms with Crippen molar-refractivity contribution in [1.82, 2.24) is 9.97 Å². The largest absolute Gasteiger partial charge is 0.427 e. The lowest BCUT2D eigenvalue weighted by molar-refractivity contribution is -0.134. The Labute approximate surface area is 117 Å². The Bertz CT molecular complexity index is 601. The maximum atomic E-state index is 13.5. The summed E-state index contributed by atoms with van der Waals surface area (Å²) in [5.74, 6) is -0.820. The second kappa shape index (κ2) is 5.14. The van der Waals surface area contributed by atoms with Crippen molar-refractivity contribution in [2.45, 2.75) is 12.3 Å². The number of aliphatic hydroxyl groups is 1. The molecule has 1 N–H and O–H groups in total. The molecule has 0 bridgehead atoms. The number of thiazole rings is 1. The van der Waals surface area contributed by atoms with Crippen molar-refractivity contribution >= 4 is 27.3 Å². The van der Waals surface area contributed by atoms with Crippen LogP contribution >= 0.6 is 27.3 Å². The van der Waals surface area contributed by atoms with Crippen LogP contribution in [-0.2, 0) is 6.18 Å². The van der Waals surface area contributed by atoms with Crippen molar-refractivity contribution < 1.29 is 22.7 Å². The van der Waals surface area contributed by atoms with Gasteiger partial charge >= 0.3 is 6.18 Å². The summed E-state index contributed by atoms with van der Waals surface area (Å²) in [7, 11) is 0. The number of rotatable bonds is 2. The molecule has 2 aromatic rings. The second-order valence-corrected chi connectivity index (χ2v) is 5.34. The van der Waals surface area contributed by atoms with Crippen LogP contribution in [0.3, 0.4) is 0 Å². The monoisotopic (exact) mass is 356 g/mol. The summed E-state index contributed by atoms with van der Waals surface area (Å²) in [5.41, 5.74) is -0.377. The van der Waals surface area contributed by atoms with Gasteiger partial charge in [-0.2, -0.15) is 13.2 Å². The van der Waals surface area contributed by atoms with Crippen LogP contribution in [0, 0.1) is 5.82 Å². The lowest BCUT2D eigenvalue weighted by Gasteiger charge is -2.08. The molecule has 1 unspecified atom stereocenters. The van der Waals surface area contributed by atoms with Gasteiger partial charge in [-0.3, -0.25) is 0 Å². The highest BCUT2D eigenvalue weighted by atomic mass is 79.9. The molecule has 0 saturated heterocycles. The summed E-state index contributed by atoms with van der Waals surface area (Å²) in [6.07, 6.45) is -5.59. The number of aromatic nitrogens is 2. The van der Waals surface area contributed by atoms with Gasteiger partial charge in [0, 0.05) is 0 Å². The van der Waals surface area contributed by atoms with Crippen molar-refractivity contribution in [1.29, 1.82) is 0 Å². The molecule has 3 nitrogen and oxygen atoms in total. The standard InChI is InChI=1S/C10H5BrF4N2OS/c11-6-2-1-4(12)7(17-6)8(18)9-16-3-5(19-9)10(13,14)15/h1-3,8,18H. The van der Waals surface area contributed by atoms with E-state index >= 15 is 0 Å². The molecular weight excluding hydrogens is 352 g/mol. The molecule has 2 aromatic heterocycles. The molecule has 0 radical (unpaired) electrons. The highest BCUT2D eigenvalue weighted by molar-refractivity contribution is 9.10. The van der Waals surface area contributed by atoms with Gasteiger partial charge in [0.25, 0.3) is 0 Å². The van der Waals surface area contributed by atoms with Crippen LogP contribution in [0.5, 0.6) is 0 Å². The molecule has 0 fully saturated rings. The Morgan fingerprint density at radius 1 is 1.32 bits per heavy atom. The summed E-state index contributed by atoms with van der Waals surface area (Å²) in [6, 6.07) is 2.36. The first-order chi connectivity index (χ1) is 8.79. The van der Waals surface area contributed by atoms with Gasteiger partial charge in [-0.15, -0.1) is 11.3 Å². The van der Waals surface area contributed by atoms with E-state index in [2.05, 4.69) is 25.9 Å². The van der Waals surface area contributed by atoms with E-state index in [-0.39, 0.29) is 26.6 Å². The van der Waals surface area contributed by atoms with Gasteiger partial charge in [0.1, 0.15) is 26.0 Å². The maximum Gasteiger partial charge on any atom is 0.427 e. The predicted molar refractivity (Wildman–Crippen MR) is 63.1 cm³/mol. The van der Waals surface area contributed by atoms with Gasteiger partial charge in [-0.25, -0.2) is 14.4 Å². The maximum absolute atomic E-state index is 13.5. The lowest BCUT2D eigenvalue weighted by Crippen LogP contribution is -2.05. The minimum absolute atomic E-state index is 0.249. The second-order valence-electron chi connectivity index (χ2n) is 3.46. The first kappa shape index (κ1) is 14.4. The third-order valence-corrected chi connectivity index (χ3v) is 3.67. The fourth-order valence-corrected chi connectivity index (χ4v) is 2.39. The van der Waals surface area contributed by atoms with E-state index in [1.165, 1.54) is 6.07 Å². The fourth-order valence-electron chi connectivity index (χ4n) is 1.29. The quantitative estimate of drug-likeness (QED) is 0.661. The molecule has 1 atom stereocenters. The molecule has 0 spiro atoms. The normalized spacial score (nSPS) is 13.6. The third-order valence-electron chi connectivity index (χ3n) is 2.14. The Kier molecular flexibility index (Phi) is 3.88. The van der Waals surface area contributed by atoms with E-state index in [4.69, 9.17) is 0 Å². The number of halogens is 5.